The highest BCUT2D eigenvalue weighted by atomic mass is 127. The SMILES string of the molecule is O=C(Cc1ccccc1I)OOC(=O)Cc1ccccc1I. The van der Waals surface area contributed by atoms with Crippen LogP contribution in [0.2, 0.25) is 0 Å². The summed E-state index contributed by atoms with van der Waals surface area (Å²) in [5.74, 6) is -1.19. The minimum Gasteiger partial charge on any atom is -0.247 e. The van der Waals surface area contributed by atoms with E-state index in [4.69, 9.17) is 0 Å². The Labute approximate surface area is 155 Å². The van der Waals surface area contributed by atoms with Gasteiger partial charge in [0.15, 0.2) is 0 Å². The van der Waals surface area contributed by atoms with Crippen molar-refractivity contribution in [2.24, 2.45) is 0 Å². The molecule has 0 aromatic heterocycles. The third-order valence-electron chi connectivity index (χ3n) is 2.81. The van der Waals surface area contributed by atoms with Crippen LogP contribution >= 0.6 is 45.2 Å². The van der Waals surface area contributed by atoms with Crippen LogP contribution in [0.3, 0.4) is 0 Å². The number of halogens is 2. The third kappa shape index (κ3) is 5.24. The summed E-state index contributed by atoms with van der Waals surface area (Å²) in [6.45, 7) is 0. The number of carbonyl (C=O) groups excluding carboxylic acids is 2. The Morgan fingerprint density at radius 3 is 1.45 bits per heavy atom. The average Bonchev–Trinajstić information content (AvgIpc) is 2.50. The first-order valence-corrected chi connectivity index (χ1v) is 8.59. The van der Waals surface area contributed by atoms with Gasteiger partial charge in [-0.1, -0.05) is 36.4 Å². The van der Waals surface area contributed by atoms with Crippen molar-refractivity contribution in [2.45, 2.75) is 12.8 Å². The smallest absolute Gasteiger partial charge is 0.247 e. The van der Waals surface area contributed by atoms with Gasteiger partial charge in [-0.2, -0.15) is 0 Å². The van der Waals surface area contributed by atoms with E-state index in [1.54, 1.807) is 0 Å². The molecule has 0 atom stereocenters. The summed E-state index contributed by atoms with van der Waals surface area (Å²) < 4.78 is 1.92. The molecule has 0 radical (unpaired) electrons. The van der Waals surface area contributed by atoms with Crippen molar-refractivity contribution in [1.82, 2.24) is 0 Å². The van der Waals surface area contributed by atoms with Gasteiger partial charge in [0.1, 0.15) is 0 Å². The Morgan fingerprint density at radius 2 is 1.09 bits per heavy atom. The van der Waals surface area contributed by atoms with E-state index in [2.05, 4.69) is 55.0 Å². The third-order valence-corrected chi connectivity index (χ3v) is 4.92. The fourth-order valence-corrected chi connectivity index (χ4v) is 2.90. The minimum absolute atomic E-state index is 0.0647. The zero-order valence-corrected chi connectivity index (χ0v) is 15.7. The Kier molecular flexibility index (Phi) is 6.62. The van der Waals surface area contributed by atoms with Crippen molar-refractivity contribution in [1.29, 1.82) is 0 Å². The number of carbonyl (C=O) groups is 2. The van der Waals surface area contributed by atoms with Gasteiger partial charge < -0.3 is 0 Å². The number of hydrogen-bond donors (Lipinski definition) is 0. The summed E-state index contributed by atoms with van der Waals surface area (Å²) in [6, 6.07) is 14.9. The molecular weight excluding hydrogens is 510 g/mol. The van der Waals surface area contributed by atoms with E-state index in [1.165, 1.54) is 0 Å². The van der Waals surface area contributed by atoms with E-state index in [-0.39, 0.29) is 12.8 Å². The number of hydrogen-bond acceptors (Lipinski definition) is 4. The highest BCUT2D eigenvalue weighted by Gasteiger charge is 2.13. The predicted octanol–water partition coefficient (Wildman–Crippen LogP) is 3.68. The van der Waals surface area contributed by atoms with Crippen LogP contribution in [-0.4, -0.2) is 11.9 Å². The Balaban J connectivity index is 1.82. The molecule has 0 heterocycles. The highest BCUT2D eigenvalue weighted by molar-refractivity contribution is 14.1. The Morgan fingerprint density at radius 1 is 0.727 bits per heavy atom. The Bertz CT molecular complexity index is 626. The fraction of sp³-hybridized carbons (Fsp3) is 0.125. The molecule has 0 aliphatic carbocycles. The van der Waals surface area contributed by atoms with Gasteiger partial charge in [-0.05, 0) is 68.4 Å². The lowest BCUT2D eigenvalue weighted by molar-refractivity contribution is -0.258. The van der Waals surface area contributed by atoms with Crippen molar-refractivity contribution >= 4 is 57.1 Å². The van der Waals surface area contributed by atoms with Crippen molar-refractivity contribution in [3.05, 3.63) is 66.8 Å². The van der Waals surface area contributed by atoms with Gasteiger partial charge >= 0.3 is 11.9 Å². The number of rotatable bonds is 4. The lowest BCUT2D eigenvalue weighted by Crippen LogP contribution is -2.15. The summed E-state index contributed by atoms with van der Waals surface area (Å²) in [7, 11) is 0. The fourth-order valence-electron chi connectivity index (χ4n) is 1.75. The molecule has 4 nitrogen and oxygen atoms in total. The van der Waals surface area contributed by atoms with Crippen molar-refractivity contribution in [2.75, 3.05) is 0 Å². The molecule has 0 saturated heterocycles. The van der Waals surface area contributed by atoms with Crippen LogP contribution in [0, 0.1) is 7.14 Å². The second-order valence-corrected chi connectivity index (χ2v) is 6.77. The van der Waals surface area contributed by atoms with Crippen LogP contribution in [0.1, 0.15) is 11.1 Å². The topological polar surface area (TPSA) is 52.6 Å². The molecule has 0 aliphatic rings. The average molecular weight is 522 g/mol. The molecule has 0 unspecified atom stereocenters. The van der Waals surface area contributed by atoms with E-state index >= 15 is 0 Å². The molecule has 2 aromatic carbocycles. The van der Waals surface area contributed by atoms with Crippen molar-refractivity contribution < 1.29 is 19.4 Å². The normalized spacial score (nSPS) is 10.1. The molecule has 0 amide bonds. The first-order valence-electron chi connectivity index (χ1n) is 6.43. The van der Waals surface area contributed by atoms with Crippen LogP contribution in [0.5, 0.6) is 0 Å². The van der Waals surface area contributed by atoms with Gasteiger partial charge in [-0.25, -0.2) is 19.4 Å². The monoisotopic (exact) mass is 522 g/mol. The van der Waals surface area contributed by atoms with Gasteiger partial charge in [0.05, 0.1) is 12.8 Å². The maximum Gasteiger partial charge on any atom is 0.359 e. The van der Waals surface area contributed by atoms with Crippen LogP contribution < -0.4 is 0 Å². The van der Waals surface area contributed by atoms with E-state index in [0.717, 1.165) is 18.3 Å². The molecular formula is C16H12I2O4. The zero-order valence-electron chi connectivity index (χ0n) is 11.4. The maximum absolute atomic E-state index is 11.7. The first-order chi connectivity index (χ1) is 10.6. The van der Waals surface area contributed by atoms with Crippen molar-refractivity contribution in [3.63, 3.8) is 0 Å². The van der Waals surface area contributed by atoms with Gasteiger partial charge in [0, 0.05) is 7.14 Å². The molecule has 0 bridgehead atoms. The van der Waals surface area contributed by atoms with Crippen molar-refractivity contribution in [3.8, 4) is 0 Å². The summed E-state index contributed by atoms with van der Waals surface area (Å²) in [5, 5.41) is 0. The Hall–Kier alpha value is -1.16. The lowest BCUT2D eigenvalue weighted by Gasteiger charge is -2.06. The van der Waals surface area contributed by atoms with Gasteiger partial charge in [-0.15, -0.1) is 0 Å². The predicted molar refractivity (Wildman–Crippen MR) is 97.9 cm³/mol. The summed E-state index contributed by atoms with van der Waals surface area (Å²) in [6.07, 6.45) is 0.129. The van der Waals surface area contributed by atoms with E-state index in [1.807, 2.05) is 48.5 Å². The summed E-state index contributed by atoms with van der Waals surface area (Å²) in [4.78, 5) is 32.5. The standard InChI is InChI=1S/C16H12I2O4/c17-13-7-3-1-5-11(13)9-15(19)21-22-16(20)10-12-6-2-4-8-14(12)18/h1-8H,9-10H2. The van der Waals surface area contributed by atoms with Crippen LogP contribution in [0.4, 0.5) is 0 Å². The van der Waals surface area contributed by atoms with Gasteiger partial charge in [-0.3, -0.25) is 0 Å². The molecule has 0 fully saturated rings. The van der Waals surface area contributed by atoms with E-state index in [9.17, 15) is 9.59 Å². The molecule has 2 rings (SSSR count). The molecule has 6 heteroatoms. The second kappa shape index (κ2) is 8.47. The quantitative estimate of drug-likeness (QED) is 0.350. The van der Waals surface area contributed by atoms with Crippen LogP contribution in [-0.2, 0) is 32.2 Å². The largest absolute Gasteiger partial charge is 0.359 e. The highest BCUT2D eigenvalue weighted by Crippen LogP contribution is 2.14. The van der Waals surface area contributed by atoms with Gasteiger partial charge in [0.25, 0.3) is 0 Å². The maximum atomic E-state index is 11.7. The molecule has 0 spiro atoms. The van der Waals surface area contributed by atoms with E-state index < -0.39 is 11.9 Å². The van der Waals surface area contributed by atoms with E-state index in [0.29, 0.717) is 0 Å². The molecule has 0 aliphatic heterocycles. The zero-order chi connectivity index (χ0) is 15.9. The first kappa shape index (κ1) is 17.2. The lowest BCUT2D eigenvalue weighted by atomic mass is 10.2. The molecule has 0 saturated carbocycles. The summed E-state index contributed by atoms with van der Waals surface area (Å²) in [5.41, 5.74) is 1.67. The second-order valence-electron chi connectivity index (χ2n) is 4.45. The molecule has 22 heavy (non-hydrogen) atoms. The van der Waals surface area contributed by atoms with Crippen LogP contribution in [0.25, 0.3) is 0 Å². The van der Waals surface area contributed by atoms with Crippen LogP contribution in [0.15, 0.2) is 48.5 Å². The number of benzene rings is 2. The summed E-state index contributed by atoms with van der Waals surface area (Å²) >= 11 is 4.28. The minimum atomic E-state index is -0.597. The molecule has 0 N–H and O–H groups in total. The van der Waals surface area contributed by atoms with Gasteiger partial charge in [0.2, 0.25) is 0 Å². The molecule has 114 valence electrons. The molecule has 2 aromatic rings.